The quantitative estimate of drug-likeness (QED) is 0.746. The molecule has 0 aromatic heterocycles. The average molecular weight is 370 g/mol. The first-order valence-electron chi connectivity index (χ1n) is 8.93. The summed E-state index contributed by atoms with van der Waals surface area (Å²) in [6.07, 6.45) is 0. The minimum atomic E-state index is -0.671. The van der Waals surface area contributed by atoms with E-state index in [0.717, 1.165) is 0 Å². The number of nitrogens with one attached hydrogen (secondary N) is 2. The maximum Gasteiger partial charge on any atom is 0.251 e. The number of rotatable bonds is 8. The van der Waals surface area contributed by atoms with E-state index in [0.29, 0.717) is 29.4 Å². The van der Waals surface area contributed by atoms with Crippen LogP contribution in [0.25, 0.3) is 0 Å². The number of benzene rings is 2. The molecule has 2 aromatic carbocycles. The van der Waals surface area contributed by atoms with E-state index in [9.17, 15) is 9.59 Å². The van der Waals surface area contributed by atoms with E-state index in [2.05, 4.69) is 10.6 Å². The third-order valence-electron chi connectivity index (χ3n) is 4.00. The summed E-state index contributed by atoms with van der Waals surface area (Å²) in [5, 5.41) is 5.64. The van der Waals surface area contributed by atoms with Crippen LogP contribution in [-0.2, 0) is 4.79 Å². The van der Waals surface area contributed by atoms with Gasteiger partial charge in [0.1, 0.15) is 17.5 Å². The number of methoxy groups -OCH3 is 1. The molecule has 0 bridgehead atoms. The summed E-state index contributed by atoms with van der Waals surface area (Å²) in [5.74, 6) is 0.676. The molecule has 0 heterocycles. The van der Waals surface area contributed by atoms with Crippen molar-refractivity contribution in [1.82, 2.24) is 5.32 Å². The highest BCUT2D eigenvalue weighted by Gasteiger charge is 2.25. The lowest BCUT2D eigenvalue weighted by atomic mass is 10.0. The predicted octanol–water partition coefficient (Wildman–Crippen LogP) is 3.49. The van der Waals surface area contributed by atoms with Crippen LogP contribution in [0.4, 0.5) is 5.69 Å². The van der Waals surface area contributed by atoms with Gasteiger partial charge in [0.25, 0.3) is 5.91 Å². The van der Waals surface area contributed by atoms with Crippen LogP contribution in [0.2, 0.25) is 0 Å². The number of carbonyl (C=O) groups is 2. The van der Waals surface area contributed by atoms with Crippen molar-refractivity contribution in [1.29, 1.82) is 0 Å². The van der Waals surface area contributed by atoms with Gasteiger partial charge in [-0.1, -0.05) is 19.9 Å². The summed E-state index contributed by atoms with van der Waals surface area (Å²) in [5.41, 5.74) is 1.08. The molecule has 2 rings (SSSR count). The van der Waals surface area contributed by atoms with Crippen molar-refractivity contribution >= 4 is 17.5 Å². The summed E-state index contributed by atoms with van der Waals surface area (Å²) >= 11 is 0. The minimum Gasteiger partial charge on any atom is -0.497 e. The first kappa shape index (κ1) is 20.3. The molecule has 0 fully saturated rings. The second-order valence-corrected chi connectivity index (χ2v) is 6.37. The van der Waals surface area contributed by atoms with Crippen molar-refractivity contribution in [3.05, 3.63) is 54.1 Å². The van der Waals surface area contributed by atoms with Gasteiger partial charge in [-0.3, -0.25) is 9.59 Å². The number of hydrogen-bond acceptors (Lipinski definition) is 4. The molecule has 0 saturated carbocycles. The van der Waals surface area contributed by atoms with Crippen LogP contribution in [0.3, 0.4) is 0 Å². The number of amides is 2. The number of hydrogen-bond donors (Lipinski definition) is 2. The Morgan fingerprint density at radius 2 is 1.74 bits per heavy atom. The van der Waals surface area contributed by atoms with Crippen molar-refractivity contribution in [3.63, 3.8) is 0 Å². The van der Waals surface area contributed by atoms with E-state index in [4.69, 9.17) is 9.47 Å². The third-order valence-corrected chi connectivity index (χ3v) is 4.00. The van der Waals surface area contributed by atoms with E-state index in [1.165, 1.54) is 0 Å². The highest BCUT2D eigenvalue weighted by atomic mass is 16.5. The summed E-state index contributed by atoms with van der Waals surface area (Å²) in [6.45, 7) is 6.22. The van der Waals surface area contributed by atoms with Crippen molar-refractivity contribution < 1.29 is 19.1 Å². The topological polar surface area (TPSA) is 76.7 Å². The van der Waals surface area contributed by atoms with Crippen LogP contribution in [0.15, 0.2) is 48.5 Å². The number of carbonyl (C=O) groups excluding carboxylic acids is 2. The van der Waals surface area contributed by atoms with Crippen LogP contribution in [-0.4, -0.2) is 31.6 Å². The second kappa shape index (κ2) is 9.62. The second-order valence-electron chi connectivity index (χ2n) is 6.37. The van der Waals surface area contributed by atoms with Gasteiger partial charge in [-0.25, -0.2) is 0 Å². The molecule has 144 valence electrons. The van der Waals surface area contributed by atoms with Crippen LogP contribution in [0.5, 0.6) is 11.5 Å². The molecule has 0 unspecified atom stereocenters. The SMILES string of the molecule is CCOc1ccc(C(=O)N[C@H](C(=O)Nc2cccc(OC)c2)C(C)C)cc1. The van der Waals surface area contributed by atoms with Gasteiger partial charge < -0.3 is 20.1 Å². The number of ether oxygens (including phenoxy) is 2. The molecule has 1 atom stereocenters. The van der Waals surface area contributed by atoms with Crippen LogP contribution in [0, 0.1) is 5.92 Å². The average Bonchev–Trinajstić information content (AvgIpc) is 2.66. The smallest absolute Gasteiger partial charge is 0.251 e. The first-order valence-corrected chi connectivity index (χ1v) is 8.93. The molecule has 2 aromatic rings. The van der Waals surface area contributed by atoms with Crippen LogP contribution >= 0.6 is 0 Å². The zero-order valence-corrected chi connectivity index (χ0v) is 16.1. The minimum absolute atomic E-state index is 0.0812. The maximum absolute atomic E-state index is 12.7. The lowest BCUT2D eigenvalue weighted by Crippen LogP contribution is -2.47. The Kier molecular flexibility index (Phi) is 7.23. The van der Waals surface area contributed by atoms with Crippen molar-refractivity contribution in [3.8, 4) is 11.5 Å². The molecule has 2 amide bonds. The molecule has 0 aliphatic rings. The molecule has 0 radical (unpaired) electrons. The molecule has 27 heavy (non-hydrogen) atoms. The summed E-state index contributed by atoms with van der Waals surface area (Å²) < 4.78 is 10.5. The van der Waals surface area contributed by atoms with E-state index in [1.54, 1.807) is 55.6 Å². The highest BCUT2D eigenvalue weighted by molar-refractivity contribution is 6.01. The van der Waals surface area contributed by atoms with Crippen LogP contribution in [0.1, 0.15) is 31.1 Å². The molecule has 6 heteroatoms. The molecule has 6 nitrogen and oxygen atoms in total. The van der Waals surface area contributed by atoms with Gasteiger partial charge in [0.2, 0.25) is 5.91 Å². The molecule has 0 aliphatic carbocycles. The molecule has 0 saturated heterocycles. The lowest BCUT2D eigenvalue weighted by Gasteiger charge is -2.22. The van der Waals surface area contributed by atoms with Gasteiger partial charge in [-0.15, -0.1) is 0 Å². The first-order chi connectivity index (χ1) is 12.9. The Morgan fingerprint density at radius 3 is 2.33 bits per heavy atom. The zero-order chi connectivity index (χ0) is 19.8. The van der Waals surface area contributed by atoms with Gasteiger partial charge in [-0.2, -0.15) is 0 Å². The molecular formula is C21H26N2O4. The van der Waals surface area contributed by atoms with Gasteiger partial charge in [0.15, 0.2) is 0 Å². The number of anilines is 1. The fraction of sp³-hybridized carbons (Fsp3) is 0.333. The van der Waals surface area contributed by atoms with E-state index in [1.807, 2.05) is 20.8 Å². The normalized spacial score (nSPS) is 11.6. The Balaban J connectivity index is 2.07. The summed E-state index contributed by atoms with van der Waals surface area (Å²) in [6, 6.07) is 13.2. The summed E-state index contributed by atoms with van der Waals surface area (Å²) in [4.78, 5) is 25.2. The van der Waals surface area contributed by atoms with Gasteiger partial charge >= 0.3 is 0 Å². The maximum atomic E-state index is 12.7. The fourth-order valence-electron chi connectivity index (χ4n) is 2.55. The molecular weight excluding hydrogens is 344 g/mol. The lowest BCUT2D eigenvalue weighted by molar-refractivity contribution is -0.118. The van der Waals surface area contributed by atoms with E-state index in [-0.39, 0.29) is 17.7 Å². The van der Waals surface area contributed by atoms with Gasteiger partial charge in [-0.05, 0) is 49.2 Å². The Labute approximate surface area is 159 Å². The molecule has 0 aliphatic heterocycles. The monoisotopic (exact) mass is 370 g/mol. The third kappa shape index (κ3) is 5.74. The Bertz CT molecular complexity index is 772. The van der Waals surface area contributed by atoms with Gasteiger partial charge in [0.05, 0.1) is 13.7 Å². The van der Waals surface area contributed by atoms with E-state index < -0.39 is 6.04 Å². The summed E-state index contributed by atoms with van der Waals surface area (Å²) in [7, 11) is 1.56. The van der Waals surface area contributed by atoms with Crippen LogP contribution < -0.4 is 20.1 Å². The van der Waals surface area contributed by atoms with Crippen molar-refractivity contribution in [2.45, 2.75) is 26.8 Å². The molecule has 0 spiro atoms. The zero-order valence-electron chi connectivity index (χ0n) is 16.1. The fourth-order valence-corrected chi connectivity index (χ4v) is 2.55. The van der Waals surface area contributed by atoms with Crippen molar-refractivity contribution in [2.75, 3.05) is 19.0 Å². The Morgan fingerprint density at radius 1 is 1.04 bits per heavy atom. The highest BCUT2D eigenvalue weighted by Crippen LogP contribution is 2.18. The molecule has 2 N–H and O–H groups in total. The van der Waals surface area contributed by atoms with Gasteiger partial charge in [0, 0.05) is 17.3 Å². The predicted molar refractivity (Wildman–Crippen MR) is 105 cm³/mol. The largest absolute Gasteiger partial charge is 0.497 e. The van der Waals surface area contributed by atoms with E-state index >= 15 is 0 Å². The Hall–Kier alpha value is -3.02. The van der Waals surface area contributed by atoms with Crippen molar-refractivity contribution in [2.24, 2.45) is 5.92 Å². The standard InChI is InChI=1S/C21H26N2O4/c1-5-27-17-11-9-15(10-12-17)20(24)23-19(14(2)3)21(25)22-16-7-6-8-18(13-16)26-4/h6-14,19H,5H2,1-4H3,(H,22,25)(H,23,24)/t19-/m0/s1.